The number of carboxylic acids is 1. The van der Waals surface area contributed by atoms with Crippen molar-refractivity contribution in [2.45, 2.75) is 17.4 Å². The molecule has 1 heterocycles. The van der Waals surface area contributed by atoms with E-state index >= 15 is 0 Å². The molecule has 8 nitrogen and oxygen atoms in total. The molecule has 1 aromatic carbocycles. The number of nitrogens with zero attached hydrogens (tertiary/aromatic N) is 2. The highest BCUT2D eigenvalue weighted by molar-refractivity contribution is 7.89. The summed E-state index contributed by atoms with van der Waals surface area (Å²) in [6.07, 6.45) is 1.44. The van der Waals surface area contributed by atoms with Crippen molar-refractivity contribution >= 4 is 21.9 Å². The molecule has 2 aromatic rings. The molecule has 2 rings (SSSR count). The van der Waals surface area contributed by atoms with Gasteiger partial charge in [0.1, 0.15) is 16.6 Å². The molecular weight excluding hydrogens is 358 g/mol. The van der Waals surface area contributed by atoms with Crippen LogP contribution in [0.2, 0.25) is 0 Å². The van der Waals surface area contributed by atoms with Gasteiger partial charge in [-0.15, -0.1) is 0 Å². The lowest BCUT2D eigenvalue weighted by Gasteiger charge is -2.15. The van der Waals surface area contributed by atoms with Gasteiger partial charge in [0.15, 0.2) is 0 Å². The minimum atomic E-state index is -3.69. The van der Waals surface area contributed by atoms with Gasteiger partial charge in [0.05, 0.1) is 0 Å². The van der Waals surface area contributed by atoms with Crippen molar-refractivity contribution in [3.05, 3.63) is 53.9 Å². The molecule has 1 aromatic heterocycles. The number of aromatic nitrogens is 1. The first kappa shape index (κ1) is 19.7. The van der Waals surface area contributed by atoms with E-state index in [1.807, 2.05) is 6.07 Å². The molecule has 0 aliphatic rings. The third-order valence-electron chi connectivity index (χ3n) is 3.88. The number of amides is 1. The molecule has 0 radical (unpaired) electrons. The number of aliphatic carboxylic acids is 1. The molecule has 0 saturated heterocycles. The van der Waals surface area contributed by atoms with E-state index < -0.39 is 27.9 Å². The Morgan fingerprint density at radius 3 is 2.38 bits per heavy atom. The summed E-state index contributed by atoms with van der Waals surface area (Å²) in [5.41, 5.74) is 0.827. The Hall–Kier alpha value is -2.65. The van der Waals surface area contributed by atoms with Crippen LogP contribution in [0.4, 0.5) is 0 Å². The predicted octanol–water partition coefficient (Wildman–Crippen LogP) is 0.701. The van der Waals surface area contributed by atoms with Crippen LogP contribution in [0.5, 0.6) is 0 Å². The fourth-order valence-corrected chi connectivity index (χ4v) is 3.37. The lowest BCUT2D eigenvalue weighted by molar-refractivity contribution is -0.139. The summed E-state index contributed by atoms with van der Waals surface area (Å²) in [6, 6.07) is 9.02. The maximum absolute atomic E-state index is 12.5. The van der Waals surface area contributed by atoms with Gasteiger partial charge in [0.2, 0.25) is 10.0 Å². The highest BCUT2D eigenvalue weighted by Gasteiger charge is 2.25. The molecule has 0 fully saturated rings. The highest BCUT2D eigenvalue weighted by Crippen LogP contribution is 2.17. The maximum Gasteiger partial charge on any atom is 0.326 e. The molecule has 2 N–H and O–H groups in total. The van der Waals surface area contributed by atoms with Crippen molar-refractivity contribution in [1.82, 2.24) is 14.2 Å². The SMILES string of the molecule is CN(C)S(=O)(=O)c1cc(C(=O)N[C@H](Cc2ccccc2)C(=O)O)n(C)c1. The zero-order chi connectivity index (χ0) is 19.5. The van der Waals surface area contributed by atoms with E-state index in [1.165, 1.54) is 38.0 Å². The van der Waals surface area contributed by atoms with E-state index in [1.54, 1.807) is 24.3 Å². The largest absolute Gasteiger partial charge is 0.480 e. The summed E-state index contributed by atoms with van der Waals surface area (Å²) in [4.78, 5) is 23.9. The zero-order valence-electron chi connectivity index (χ0n) is 14.7. The molecule has 140 valence electrons. The second kappa shape index (κ2) is 7.71. The Morgan fingerprint density at radius 1 is 1.23 bits per heavy atom. The number of carbonyl (C=O) groups is 2. The van der Waals surface area contributed by atoms with Crippen LogP contribution in [0.15, 0.2) is 47.5 Å². The average molecular weight is 379 g/mol. The summed E-state index contributed by atoms with van der Waals surface area (Å²) in [7, 11) is 0.618. The van der Waals surface area contributed by atoms with Gasteiger partial charge in [-0.25, -0.2) is 17.5 Å². The van der Waals surface area contributed by atoms with Crippen LogP contribution in [0, 0.1) is 0 Å². The number of carbonyl (C=O) groups excluding carboxylic acids is 1. The van der Waals surface area contributed by atoms with Gasteiger partial charge in [-0.3, -0.25) is 4.79 Å². The molecule has 0 unspecified atom stereocenters. The van der Waals surface area contributed by atoms with Crippen LogP contribution >= 0.6 is 0 Å². The Balaban J connectivity index is 2.22. The van der Waals surface area contributed by atoms with Crippen LogP contribution in [0.1, 0.15) is 16.1 Å². The van der Waals surface area contributed by atoms with Crippen LogP contribution in [-0.2, 0) is 28.3 Å². The van der Waals surface area contributed by atoms with Gasteiger partial charge in [-0.05, 0) is 11.6 Å². The number of hydrogen-bond donors (Lipinski definition) is 2. The van der Waals surface area contributed by atoms with Crippen LogP contribution in [0.3, 0.4) is 0 Å². The molecule has 0 spiro atoms. The van der Waals surface area contributed by atoms with Crippen molar-refractivity contribution < 1.29 is 23.1 Å². The summed E-state index contributed by atoms with van der Waals surface area (Å²) in [6.45, 7) is 0. The van der Waals surface area contributed by atoms with Gasteiger partial charge in [-0.2, -0.15) is 0 Å². The lowest BCUT2D eigenvalue weighted by atomic mass is 10.1. The molecule has 1 atom stereocenters. The zero-order valence-corrected chi connectivity index (χ0v) is 15.5. The Morgan fingerprint density at radius 2 is 1.85 bits per heavy atom. The van der Waals surface area contributed by atoms with E-state index in [9.17, 15) is 23.1 Å². The summed E-state index contributed by atoms with van der Waals surface area (Å²) in [5.74, 6) is -1.83. The molecule has 0 aliphatic carbocycles. The van der Waals surface area contributed by atoms with Crippen LogP contribution < -0.4 is 5.32 Å². The average Bonchev–Trinajstić information content (AvgIpc) is 2.97. The minimum absolute atomic E-state index is 0.0370. The van der Waals surface area contributed by atoms with Crippen molar-refractivity contribution in [2.75, 3.05) is 14.1 Å². The first-order chi connectivity index (χ1) is 12.1. The van der Waals surface area contributed by atoms with Gasteiger partial charge >= 0.3 is 5.97 Å². The Bertz CT molecular complexity index is 904. The number of sulfonamides is 1. The second-order valence-electron chi connectivity index (χ2n) is 6.01. The molecular formula is C17H21N3O5S. The standard InChI is InChI=1S/C17H21N3O5S/c1-19(2)26(24,25)13-10-15(20(3)11-13)16(21)18-14(17(22)23)9-12-7-5-4-6-8-12/h4-8,10-11,14H,9H2,1-3H3,(H,18,21)(H,22,23)/t14-/m1/s1. The van der Waals surface area contributed by atoms with Crippen molar-refractivity contribution in [2.24, 2.45) is 7.05 Å². The molecule has 26 heavy (non-hydrogen) atoms. The maximum atomic E-state index is 12.5. The molecule has 0 bridgehead atoms. The van der Waals surface area contributed by atoms with E-state index in [0.717, 1.165) is 9.87 Å². The topological polar surface area (TPSA) is 109 Å². The predicted molar refractivity (Wildman–Crippen MR) is 95.3 cm³/mol. The smallest absolute Gasteiger partial charge is 0.326 e. The second-order valence-corrected chi connectivity index (χ2v) is 8.17. The number of hydrogen-bond acceptors (Lipinski definition) is 4. The van der Waals surface area contributed by atoms with Gasteiger partial charge in [0, 0.05) is 33.8 Å². The van der Waals surface area contributed by atoms with E-state index in [-0.39, 0.29) is 17.0 Å². The normalized spacial score (nSPS) is 12.8. The molecule has 9 heteroatoms. The van der Waals surface area contributed by atoms with Crippen molar-refractivity contribution in [3.8, 4) is 0 Å². The Kier molecular flexibility index (Phi) is 5.83. The number of rotatable bonds is 7. The van der Waals surface area contributed by atoms with E-state index in [4.69, 9.17) is 0 Å². The third kappa shape index (κ3) is 4.30. The number of carboxylic acid groups (broad SMARTS) is 1. The summed E-state index contributed by atoms with van der Waals surface area (Å²) < 4.78 is 26.8. The molecule has 1 amide bonds. The van der Waals surface area contributed by atoms with Crippen molar-refractivity contribution in [3.63, 3.8) is 0 Å². The van der Waals surface area contributed by atoms with Gasteiger partial charge < -0.3 is 15.0 Å². The third-order valence-corrected chi connectivity index (χ3v) is 5.66. The number of nitrogens with one attached hydrogen (secondary N) is 1. The van der Waals surface area contributed by atoms with Gasteiger partial charge in [-0.1, -0.05) is 30.3 Å². The first-order valence-corrected chi connectivity index (χ1v) is 9.23. The van der Waals surface area contributed by atoms with Gasteiger partial charge in [0.25, 0.3) is 5.91 Å². The first-order valence-electron chi connectivity index (χ1n) is 7.79. The number of aryl methyl sites for hydroxylation is 1. The molecule has 0 saturated carbocycles. The highest BCUT2D eigenvalue weighted by atomic mass is 32.2. The summed E-state index contributed by atoms with van der Waals surface area (Å²) >= 11 is 0. The molecule has 0 aliphatic heterocycles. The quantitative estimate of drug-likeness (QED) is 0.736. The fourth-order valence-electron chi connectivity index (χ4n) is 2.39. The van der Waals surface area contributed by atoms with E-state index in [0.29, 0.717) is 0 Å². The monoisotopic (exact) mass is 379 g/mol. The number of benzene rings is 1. The van der Waals surface area contributed by atoms with Crippen molar-refractivity contribution in [1.29, 1.82) is 0 Å². The fraction of sp³-hybridized carbons (Fsp3) is 0.294. The van der Waals surface area contributed by atoms with E-state index in [2.05, 4.69) is 5.32 Å². The Labute approximate surface area is 152 Å². The van der Waals surface area contributed by atoms with Crippen LogP contribution in [0.25, 0.3) is 0 Å². The minimum Gasteiger partial charge on any atom is -0.480 e. The lowest BCUT2D eigenvalue weighted by Crippen LogP contribution is -2.42. The summed E-state index contributed by atoms with van der Waals surface area (Å²) in [5, 5.41) is 11.8. The van der Waals surface area contributed by atoms with Crippen LogP contribution in [-0.4, -0.2) is 54.4 Å².